The number of benzene rings is 1. The summed E-state index contributed by atoms with van der Waals surface area (Å²) in [6.45, 7) is 6.62. The van der Waals surface area contributed by atoms with Crippen molar-refractivity contribution >= 4 is 29.1 Å². The SMILES string of the molecule is Cc1nc([C@@H]2CCCCN2C(=O)CC(C)C)ncc1C(=O)Nc1ccc(Cl)cc1. The number of rotatable bonds is 5. The molecule has 0 aliphatic carbocycles. The first-order chi connectivity index (χ1) is 13.8. The molecule has 1 aliphatic heterocycles. The third kappa shape index (κ3) is 5.32. The number of piperidine rings is 1. The molecule has 154 valence electrons. The van der Waals surface area contributed by atoms with Crippen LogP contribution in [-0.2, 0) is 4.79 Å². The average Bonchev–Trinajstić information content (AvgIpc) is 2.69. The number of carbonyl (C=O) groups is 2. The van der Waals surface area contributed by atoms with E-state index in [9.17, 15) is 9.59 Å². The quantitative estimate of drug-likeness (QED) is 0.763. The number of halogens is 1. The summed E-state index contributed by atoms with van der Waals surface area (Å²) in [6, 6.07) is 6.79. The Morgan fingerprint density at radius 1 is 1.24 bits per heavy atom. The van der Waals surface area contributed by atoms with Crippen molar-refractivity contribution in [3.05, 3.63) is 52.6 Å². The van der Waals surface area contributed by atoms with Gasteiger partial charge in [0.2, 0.25) is 5.91 Å². The number of aromatic nitrogens is 2. The normalized spacial score (nSPS) is 16.7. The predicted octanol–water partition coefficient (Wildman–Crippen LogP) is 4.79. The molecule has 1 aromatic carbocycles. The molecule has 1 N–H and O–H groups in total. The first-order valence-electron chi connectivity index (χ1n) is 10.0. The molecular weight excluding hydrogens is 388 g/mol. The second-order valence-electron chi connectivity index (χ2n) is 7.88. The first kappa shape index (κ1) is 21.2. The summed E-state index contributed by atoms with van der Waals surface area (Å²) in [7, 11) is 0. The fourth-order valence-electron chi connectivity index (χ4n) is 3.57. The van der Waals surface area contributed by atoms with Crippen LogP contribution in [0.15, 0.2) is 30.5 Å². The number of nitrogens with zero attached hydrogens (tertiary/aromatic N) is 3. The third-order valence-electron chi connectivity index (χ3n) is 5.05. The smallest absolute Gasteiger partial charge is 0.259 e. The molecule has 3 rings (SSSR count). The Kier molecular flexibility index (Phi) is 6.85. The second kappa shape index (κ2) is 9.35. The van der Waals surface area contributed by atoms with Crippen molar-refractivity contribution < 1.29 is 9.59 Å². The van der Waals surface area contributed by atoms with Crippen molar-refractivity contribution in [2.24, 2.45) is 5.92 Å². The zero-order valence-corrected chi connectivity index (χ0v) is 17.9. The summed E-state index contributed by atoms with van der Waals surface area (Å²) in [4.78, 5) is 36.3. The predicted molar refractivity (Wildman–Crippen MR) is 114 cm³/mol. The molecule has 0 unspecified atom stereocenters. The van der Waals surface area contributed by atoms with Crippen LogP contribution in [0.5, 0.6) is 0 Å². The largest absolute Gasteiger partial charge is 0.332 e. The van der Waals surface area contributed by atoms with Crippen LogP contribution >= 0.6 is 11.6 Å². The second-order valence-corrected chi connectivity index (χ2v) is 8.32. The van der Waals surface area contributed by atoms with Gasteiger partial charge in [-0.15, -0.1) is 0 Å². The van der Waals surface area contributed by atoms with Gasteiger partial charge in [-0.1, -0.05) is 25.4 Å². The number of likely N-dealkylation sites (tertiary alicyclic amines) is 1. The highest BCUT2D eigenvalue weighted by Crippen LogP contribution is 2.30. The van der Waals surface area contributed by atoms with E-state index in [0.717, 1.165) is 25.8 Å². The van der Waals surface area contributed by atoms with Gasteiger partial charge >= 0.3 is 0 Å². The summed E-state index contributed by atoms with van der Waals surface area (Å²) in [6.07, 6.45) is 4.97. The molecule has 1 aliphatic rings. The van der Waals surface area contributed by atoms with Gasteiger partial charge in [0, 0.05) is 29.9 Å². The van der Waals surface area contributed by atoms with Gasteiger partial charge in [0.15, 0.2) is 5.82 Å². The van der Waals surface area contributed by atoms with Crippen molar-refractivity contribution in [1.82, 2.24) is 14.9 Å². The van der Waals surface area contributed by atoms with Gasteiger partial charge in [0.25, 0.3) is 5.91 Å². The van der Waals surface area contributed by atoms with Gasteiger partial charge in [0.05, 0.1) is 17.3 Å². The Hall–Kier alpha value is -2.47. The fraction of sp³-hybridized carbons (Fsp3) is 0.455. The summed E-state index contributed by atoms with van der Waals surface area (Å²) < 4.78 is 0. The number of amides is 2. The van der Waals surface area contributed by atoms with E-state index in [4.69, 9.17) is 11.6 Å². The molecule has 0 bridgehead atoms. The molecule has 0 radical (unpaired) electrons. The van der Waals surface area contributed by atoms with Crippen molar-refractivity contribution in [2.75, 3.05) is 11.9 Å². The molecule has 0 saturated carbocycles. The Bertz CT molecular complexity index is 883. The van der Waals surface area contributed by atoms with E-state index < -0.39 is 0 Å². The van der Waals surface area contributed by atoms with E-state index >= 15 is 0 Å². The lowest BCUT2D eigenvalue weighted by molar-refractivity contribution is -0.136. The molecule has 1 saturated heterocycles. The molecule has 7 heteroatoms. The van der Waals surface area contributed by atoms with Gasteiger partial charge in [-0.2, -0.15) is 0 Å². The van der Waals surface area contributed by atoms with Gasteiger partial charge in [-0.3, -0.25) is 9.59 Å². The Labute approximate surface area is 176 Å². The number of nitrogens with one attached hydrogen (secondary N) is 1. The maximum atomic E-state index is 12.7. The Balaban J connectivity index is 1.77. The van der Waals surface area contributed by atoms with Crippen LogP contribution in [0.4, 0.5) is 5.69 Å². The maximum absolute atomic E-state index is 12.7. The van der Waals surface area contributed by atoms with Crippen molar-refractivity contribution in [3.8, 4) is 0 Å². The van der Waals surface area contributed by atoms with Crippen LogP contribution in [0.1, 0.15) is 67.4 Å². The van der Waals surface area contributed by atoms with Crippen molar-refractivity contribution in [3.63, 3.8) is 0 Å². The lowest BCUT2D eigenvalue weighted by atomic mass is 9.99. The maximum Gasteiger partial charge on any atom is 0.259 e. The molecule has 0 spiro atoms. The van der Waals surface area contributed by atoms with Gasteiger partial charge in [-0.05, 0) is 56.4 Å². The van der Waals surface area contributed by atoms with E-state index in [1.807, 2.05) is 18.7 Å². The zero-order chi connectivity index (χ0) is 21.0. The lowest BCUT2D eigenvalue weighted by Crippen LogP contribution is -2.39. The fourth-order valence-corrected chi connectivity index (χ4v) is 3.69. The standard InChI is InChI=1S/C22H27ClN4O2/c1-14(2)12-20(28)27-11-5-4-6-19(27)21-24-13-18(15(3)25-21)22(29)26-17-9-7-16(23)8-10-17/h7-10,13-14,19H,4-6,11-12H2,1-3H3,(H,26,29)/t19-/m0/s1. The molecule has 1 aromatic heterocycles. The Morgan fingerprint density at radius 2 is 1.97 bits per heavy atom. The number of hydrogen-bond acceptors (Lipinski definition) is 4. The van der Waals surface area contributed by atoms with Crippen LogP contribution < -0.4 is 5.32 Å². The highest BCUT2D eigenvalue weighted by Gasteiger charge is 2.30. The molecule has 1 atom stereocenters. The highest BCUT2D eigenvalue weighted by atomic mass is 35.5. The van der Waals surface area contributed by atoms with Crippen LogP contribution in [-0.4, -0.2) is 33.2 Å². The van der Waals surface area contributed by atoms with Crippen molar-refractivity contribution in [1.29, 1.82) is 0 Å². The van der Waals surface area contributed by atoms with Crippen LogP contribution in [0, 0.1) is 12.8 Å². The minimum absolute atomic E-state index is 0.123. The Morgan fingerprint density at radius 3 is 2.62 bits per heavy atom. The summed E-state index contributed by atoms with van der Waals surface area (Å²) in [5.41, 5.74) is 1.67. The minimum Gasteiger partial charge on any atom is -0.332 e. The topological polar surface area (TPSA) is 75.2 Å². The van der Waals surface area contributed by atoms with Gasteiger partial charge in [0.1, 0.15) is 0 Å². The van der Waals surface area contributed by atoms with E-state index in [-0.39, 0.29) is 17.9 Å². The molecular formula is C22H27ClN4O2. The molecule has 2 heterocycles. The third-order valence-corrected chi connectivity index (χ3v) is 5.30. The number of hydrogen-bond donors (Lipinski definition) is 1. The molecule has 29 heavy (non-hydrogen) atoms. The average molecular weight is 415 g/mol. The number of aryl methyl sites for hydroxylation is 1. The number of anilines is 1. The van der Waals surface area contributed by atoms with Crippen LogP contribution in [0.3, 0.4) is 0 Å². The lowest BCUT2D eigenvalue weighted by Gasteiger charge is -2.35. The van der Waals surface area contributed by atoms with Crippen LogP contribution in [0.25, 0.3) is 0 Å². The van der Waals surface area contributed by atoms with Gasteiger partial charge < -0.3 is 10.2 Å². The van der Waals surface area contributed by atoms with E-state index in [0.29, 0.717) is 40.1 Å². The summed E-state index contributed by atoms with van der Waals surface area (Å²) in [5, 5.41) is 3.44. The minimum atomic E-state index is -0.271. The van der Waals surface area contributed by atoms with Crippen molar-refractivity contribution in [2.45, 2.75) is 52.5 Å². The zero-order valence-electron chi connectivity index (χ0n) is 17.1. The summed E-state index contributed by atoms with van der Waals surface area (Å²) in [5.74, 6) is 0.803. The first-order valence-corrected chi connectivity index (χ1v) is 10.4. The summed E-state index contributed by atoms with van der Waals surface area (Å²) >= 11 is 5.88. The van der Waals surface area contributed by atoms with E-state index in [1.165, 1.54) is 0 Å². The highest BCUT2D eigenvalue weighted by molar-refractivity contribution is 6.30. The monoisotopic (exact) mass is 414 g/mol. The van der Waals surface area contributed by atoms with E-state index in [2.05, 4.69) is 15.3 Å². The van der Waals surface area contributed by atoms with Crippen LogP contribution in [0.2, 0.25) is 5.02 Å². The van der Waals surface area contributed by atoms with E-state index in [1.54, 1.807) is 37.4 Å². The van der Waals surface area contributed by atoms with Gasteiger partial charge in [-0.25, -0.2) is 9.97 Å². The molecule has 6 nitrogen and oxygen atoms in total. The molecule has 2 amide bonds. The molecule has 2 aromatic rings. The molecule has 1 fully saturated rings. The number of carbonyl (C=O) groups excluding carboxylic acids is 2.